The third-order valence-corrected chi connectivity index (χ3v) is 6.53. The molecule has 1 aliphatic rings. The van der Waals surface area contributed by atoms with Crippen molar-refractivity contribution >= 4 is 23.2 Å². The average molecular weight is 453 g/mol. The highest BCUT2D eigenvalue weighted by molar-refractivity contribution is 6.33. The topological polar surface area (TPSA) is 23.6 Å². The summed E-state index contributed by atoms with van der Waals surface area (Å²) in [7, 11) is 0. The van der Waals surface area contributed by atoms with Crippen molar-refractivity contribution in [2.24, 2.45) is 0 Å². The van der Waals surface area contributed by atoms with Crippen LogP contribution in [0, 0.1) is 0 Å². The van der Waals surface area contributed by atoms with E-state index in [1.165, 1.54) is 11.3 Å². The molecule has 1 amide bonds. The van der Waals surface area contributed by atoms with E-state index in [0.29, 0.717) is 23.7 Å². The van der Waals surface area contributed by atoms with Crippen molar-refractivity contribution in [3.8, 4) is 22.3 Å². The molecule has 1 heterocycles. The van der Waals surface area contributed by atoms with Crippen molar-refractivity contribution in [1.82, 2.24) is 4.90 Å². The number of anilines is 1. The molecule has 1 fully saturated rings. The van der Waals surface area contributed by atoms with E-state index in [1.807, 2.05) is 47.4 Å². The SMILES string of the molecule is O=C(c1ccc(Cl)c(-c2ccc(-c3ccccc3)cc2)c1)N1CCN(c2ccccc2)CC1. The maximum atomic E-state index is 13.2. The van der Waals surface area contributed by atoms with E-state index < -0.39 is 0 Å². The van der Waals surface area contributed by atoms with Crippen LogP contribution >= 0.6 is 11.6 Å². The summed E-state index contributed by atoms with van der Waals surface area (Å²) in [5, 5.41) is 0.646. The molecule has 0 aliphatic carbocycles. The van der Waals surface area contributed by atoms with E-state index >= 15 is 0 Å². The number of para-hydroxylation sites is 1. The van der Waals surface area contributed by atoms with E-state index in [9.17, 15) is 4.79 Å². The molecule has 3 nitrogen and oxygen atoms in total. The second-order valence-electron chi connectivity index (χ2n) is 8.25. The third kappa shape index (κ3) is 4.64. The number of amides is 1. The highest BCUT2D eigenvalue weighted by atomic mass is 35.5. The Morgan fingerprint density at radius 1 is 0.636 bits per heavy atom. The fourth-order valence-corrected chi connectivity index (χ4v) is 4.57. The molecule has 0 unspecified atom stereocenters. The molecular weight excluding hydrogens is 428 g/mol. The minimum Gasteiger partial charge on any atom is -0.368 e. The lowest BCUT2D eigenvalue weighted by atomic mass is 9.98. The first-order valence-corrected chi connectivity index (χ1v) is 11.6. The number of benzene rings is 4. The van der Waals surface area contributed by atoms with Crippen LogP contribution in [0.3, 0.4) is 0 Å². The number of hydrogen-bond acceptors (Lipinski definition) is 2. The largest absolute Gasteiger partial charge is 0.368 e. The highest BCUT2D eigenvalue weighted by Crippen LogP contribution is 2.31. The first-order valence-electron chi connectivity index (χ1n) is 11.2. The summed E-state index contributed by atoms with van der Waals surface area (Å²) in [6.07, 6.45) is 0. The molecule has 0 atom stereocenters. The summed E-state index contributed by atoms with van der Waals surface area (Å²) in [6.45, 7) is 3.07. The Bertz CT molecular complexity index is 1230. The zero-order valence-corrected chi connectivity index (χ0v) is 19.1. The van der Waals surface area contributed by atoms with Gasteiger partial charge in [-0.1, -0.05) is 84.4 Å². The Hall–Kier alpha value is -3.56. The van der Waals surface area contributed by atoms with Crippen LogP contribution in [-0.2, 0) is 0 Å². The number of carbonyl (C=O) groups is 1. The van der Waals surface area contributed by atoms with Crippen molar-refractivity contribution in [3.05, 3.63) is 114 Å². The van der Waals surface area contributed by atoms with Gasteiger partial charge in [0.15, 0.2) is 0 Å². The van der Waals surface area contributed by atoms with Crippen LogP contribution in [0.4, 0.5) is 5.69 Å². The lowest BCUT2D eigenvalue weighted by molar-refractivity contribution is 0.0747. The molecule has 4 aromatic carbocycles. The molecule has 0 spiro atoms. The number of piperazine rings is 1. The minimum absolute atomic E-state index is 0.0570. The summed E-state index contributed by atoms with van der Waals surface area (Å²) >= 11 is 6.53. The molecule has 0 saturated carbocycles. The summed E-state index contributed by atoms with van der Waals surface area (Å²) in [5.74, 6) is 0.0570. The van der Waals surface area contributed by atoms with Gasteiger partial charge in [-0.25, -0.2) is 0 Å². The zero-order valence-electron chi connectivity index (χ0n) is 18.3. The smallest absolute Gasteiger partial charge is 0.253 e. The molecule has 0 radical (unpaired) electrons. The molecule has 5 rings (SSSR count). The van der Waals surface area contributed by atoms with Crippen LogP contribution < -0.4 is 4.90 Å². The molecule has 4 aromatic rings. The molecule has 1 saturated heterocycles. The normalized spacial score (nSPS) is 13.7. The van der Waals surface area contributed by atoms with Crippen molar-refractivity contribution in [2.75, 3.05) is 31.1 Å². The minimum atomic E-state index is 0.0570. The number of hydrogen-bond donors (Lipinski definition) is 0. The van der Waals surface area contributed by atoms with Crippen LogP contribution in [0.25, 0.3) is 22.3 Å². The first kappa shape index (κ1) is 21.3. The van der Waals surface area contributed by atoms with Gasteiger partial charge in [-0.2, -0.15) is 0 Å². The van der Waals surface area contributed by atoms with E-state index in [2.05, 4.69) is 65.6 Å². The molecule has 0 N–H and O–H groups in total. The Balaban J connectivity index is 1.32. The molecule has 0 bridgehead atoms. The summed E-state index contributed by atoms with van der Waals surface area (Å²) in [4.78, 5) is 17.5. The molecular formula is C29H25ClN2O. The predicted molar refractivity (Wildman–Crippen MR) is 137 cm³/mol. The van der Waals surface area contributed by atoms with Crippen LogP contribution in [0.5, 0.6) is 0 Å². The lowest BCUT2D eigenvalue weighted by Crippen LogP contribution is -2.48. The monoisotopic (exact) mass is 452 g/mol. The van der Waals surface area contributed by atoms with Crippen molar-refractivity contribution in [2.45, 2.75) is 0 Å². The number of halogens is 1. The highest BCUT2D eigenvalue weighted by Gasteiger charge is 2.23. The summed E-state index contributed by atoms with van der Waals surface area (Å²) < 4.78 is 0. The summed E-state index contributed by atoms with van der Waals surface area (Å²) in [5.41, 5.74) is 6.09. The van der Waals surface area contributed by atoms with Gasteiger partial charge in [-0.3, -0.25) is 4.79 Å². The Kier molecular flexibility index (Phi) is 6.14. The second-order valence-corrected chi connectivity index (χ2v) is 8.66. The zero-order chi connectivity index (χ0) is 22.6. The molecule has 0 aromatic heterocycles. The molecule has 164 valence electrons. The molecule has 33 heavy (non-hydrogen) atoms. The standard InChI is InChI=1S/C29H25ClN2O/c30-28-16-15-25(29(33)32-19-17-31(18-20-32)26-9-5-2-6-10-26)21-27(28)24-13-11-23(12-14-24)22-7-3-1-4-8-22/h1-16,21H,17-20H2. The molecule has 4 heteroatoms. The fourth-order valence-electron chi connectivity index (χ4n) is 4.34. The second kappa shape index (κ2) is 9.51. The van der Waals surface area contributed by atoms with Gasteiger partial charge in [0.2, 0.25) is 0 Å². The Morgan fingerprint density at radius 2 is 1.21 bits per heavy atom. The van der Waals surface area contributed by atoms with Gasteiger partial charge in [-0.05, 0) is 47.0 Å². The van der Waals surface area contributed by atoms with Crippen LogP contribution in [0.1, 0.15) is 10.4 Å². The third-order valence-electron chi connectivity index (χ3n) is 6.20. The van der Waals surface area contributed by atoms with E-state index in [0.717, 1.165) is 29.8 Å². The van der Waals surface area contributed by atoms with Crippen LogP contribution in [0.2, 0.25) is 5.02 Å². The van der Waals surface area contributed by atoms with Crippen LogP contribution in [-0.4, -0.2) is 37.0 Å². The number of rotatable bonds is 4. The van der Waals surface area contributed by atoms with Crippen LogP contribution in [0.15, 0.2) is 103 Å². The Labute approximate surface area is 199 Å². The number of carbonyl (C=O) groups excluding carboxylic acids is 1. The van der Waals surface area contributed by atoms with Gasteiger partial charge in [0.1, 0.15) is 0 Å². The Morgan fingerprint density at radius 3 is 1.88 bits per heavy atom. The van der Waals surface area contributed by atoms with E-state index in [-0.39, 0.29) is 5.91 Å². The van der Waals surface area contributed by atoms with Crippen molar-refractivity contribution < 1.29 is 4.79 Å². The fraction of sp³-hybridized carbons (Fsp3) is 0.138. The molecule has 1 aliphatic heterocycles. The van der Waals surface area contributed by atoms with Crippen molar-refractivity contribution in [1.29, 1.82) is 0 Å². The van der Waals surface area contributed by atoms with Gasteiger partial charge in [0.05, 0.1) is 0 Å². The van der Waals surface area contributed by atoms with E-state index in [4.69, 9.17) is 11.6 Å². The quantitative estimate of drug-likeness (QED) is 0.346. The number of nitrogens with zero attached hydrogens (tertiary/aromatic N) is 2. The maximum absolute atomic E-state index is 13.2. The van der Waals surface area contributed by atoms with Gasteiger partial charge in [0, 0.05) is 48.0 Å². The lowest BCUT2D eigenvalue weighted by Gasteiger charge is -2.36. The van der Waals surface area contributed by atoms with Gasteiger partial charge < -0.3 is 9.80 Å². The van der Waals surface area contributed by atoms with Crippen molar-refractivity contribution in [3.63, 3.8) is 0 Å². The van der Waals surface area contributed by atoms with Gasteiger partial charge in [0.25, 0.3) is 5.91 Å². The van der Waals surface area contributed by atoms with Gasteiger partial charge in [-0.15, -0.1) is 0 Å². The maximum Gasteiger partial charge on any atom is 0.253 e. The predicted octanol–water partition coefficient (Wildman–Crippen LogP) is 6.64. The summed E-state index contributed by atoms with van der Waals surface area (Å²) in [6, 6.07) is 34.5. The average Bonchev–Trinajstić information content (AvgIpc) is 2.90. The van der Waals surface area contributed by atoms with E-state index in [1.54, 1.807) is 0 Å². The van der Waals surface area contributed by atoms with Gasteiger partial charge >= 0.3 is 0 Å². The first-order chi connectivity index (χ1) is 16.2.